The minimum Gasteiger partial charge on any atom is -0.264 e. The van der Waals surface area contributed by atoms with E-state index in [1.54, 1.807) is 31.5 Å². The molecular weight excluding hydrogens is 306 g/mol. The Bertz CT molecular complexity index is 791. The normalized spacial score (nSPS) is 12.8. The highest BCUT2D eigenvalue weighted by molar-refractivity contribution is 7.89. The highest BCUT2D eigenvalue weighted by atomic mass is 32.2. The van der Waals surface area contributed by atoms with Crippen molar-refractivity contribution >= 4 is 15.7 Å². The largest absolute Gasteiger partial charge is 0.272 e. The summed E-state index contributed by atoms with van der Waals surface area (Å²) in [6.07, 6.45) is 3.18. The lowest BCUT2D eigenvalue weighted by Crippen LogP contribution is -2.27. The highest BCUT2D eigenvalue weighted by Crippen LogP contribution is 2.22. The number of benzene rings is 1. The first kappa shape index (κ1) is 16.1. The molecule has 8 heteroatoms. The van der Waals surface area contributed by atoms with Crippen LogP contribution in [-0.4, -0.2) is 18.3 Å². The Morgan fingerprint density at radius 3 is 2.59 bits per heavy atom. The van der Waals surface area contributed by atoms with Crippen LogP contribution in [-0.2, 0) is 10.0 Å². The van der Waals surface area contributed by atoms with Crippen LogP contribution in [0.25, 0.3) is 0 Å². The predicted molar refractivity (Wildman–Crippen MR) is 80.8 cm³/mol. The van der Waals surface area contributed by atoms with Crippen LogP contribution in [0.1, 0.15) is 24.1 Å². The van der Waals surface area contributed by atoms with Crippen LogP contribution in [0.3, 0.4) is 0 Å². The number of aryl methyl sites for hydroxylation is 1. The number of aromatic nitrogens is 1. The molecule has 0 aliphatic rings. The molecule has 0 bridgehead atoms. The van der Waals surface area contributed by atoms with Crippen LogP contribution in [0.2, 0.25) is 0 Å². The molecule has 0 amide bonds. The lowest BCUT2D eigenvalue weighted by Gasteiger charge is -2.14. The number of hydrogen-bond acceptors (Lipinski definition) is 5. The third-order valence-electron chi connectivity index (χ3n) is 3.19. The van der Waals surface area contributed by atoms with Crippen molar-refractivity contribution in [1.82, 2.24) is 9.71 Å². The molecular formula is C14H15N3O4S. The number of sulfonamides is 1. The number of pyridine rings is 1. The van der Waals surface area contributed by atoms with E-state index in [4.69, 9.17) is 0 Å². The van der Waals surface area contributed by atoms with E-state index in [-0.39, 0.29) is 10.6 Å². The maximum atomic E-state index is 12.3. The zero-order valence-electron chi connectivity index (χ0n) is 12.1. The van der Waals surface area contributed by atoms with Gasteiger partial charge in [0.25, 0.3) is 5.69 Å². The van der Waals surface area contributed by atoms with Gasteiger partial charge < -0.3 is 0 Å². The van der Waals surface area contributed by atoms with Crippen molar-refractivity contribution in [2.45, 2.75) is 24.8 Å². The second kappa shape index (κ2) is 6.20. The Morgan fingerprint density at radius 1 is 1.32 bits per heavy atom. The van der Waals surface area contributed by atoms with E-state index in [0.717, 1.165) is 5.56 Å². The summed E-state index contributed by atoms with van der Waals surface area (Å²) in [4.78, 5) is 14.2. The van der Waals surface area contributed by atoms with Crippen molar-refractivity contribution in [2.24, 2.45) is 0 Å². The maximum Gasteiger partial charge on any atom is 0.272 e. The summed E-state index contributed by atoms with van der Waals surface area (Å²) in [5, 5.41) is 10.8. The molecule has 2 rings (SSSR count). The fraction of sp³-hybridized carbons (Fsp3) is 0.214. The summed E-state index contributed by atoms with van der Waals surface area (Å²) in [6, 6.07) is 6.73. The molecule has 0 saturated heterocycles. The van der Waals surface area contributed by atoms with Gasteiger partial charge in [-0.1, -0.05) is 6.07 Å². The standard InChI is InChI=1S/C14H15N3O4S/c1-10-8-13(5-6-14(10)17(18)19)22(20,21)16-11(2)12-4-3-7-15-9-12/h3-9,11,16H,1-2H3/t11-/m1/s1. The third-order valence-corrected chi connectivity index (χ3v) is 4.73. The molecule has 0 aliphatic heterocycles. The predicted octanol–water partition coefficient (Wildman–Crippen LogP) is 2.34. The Balaban J connectivity index is 2.27. The monoisotopic (exact) mass is 321 g/mol. The van der Waals surface area contributed by atoms with Crippen molar-refractivity contribution in [3.63, 3.8) is 0 Å². The topological polar surface area (TPSA) is 102 Å². The zero-order valence-corrected chi connectivity index (χ0v) is 12.9. The van der Waals surface area contributed by atoms with E-state index in [1.807, 2.05) is 0 Å². The minimum atomic E-state index is -3.77. The summed E-state index contributed by atoms with van der Waals surface area (Å²) >= 11 is 0. The van der Waals surface area contributed by atoms with Crippen LogP contribution in [0.5, 0.6) is 0 Å². The Hall–Kier alpha value is -2.32. The lowest BCUT2D eigenvalue weighted by atomic mass is 10.2. The van der Waals surface area contributed by atoms with Crippen molar-refractivity contribution in [2.75, 3.05) is 0 Å². The van der Waals surface area contributed by atoms with Crippen molar-refractivity contribution < 1.29 is 13.3 Å². The van der Waals surface area contributed by atoms with Crippen LogP contribution < -0.4 is 4.72 Å². The van der Waals surface area contributed by atoms with E-state index in [1.165, 1.54) is 25.1 Å². The van der Waals surface area contributed by atoms with E-state index in [0.29, 0.717) is 5.56 Å². The third kappa shape index (κ3) is 3.46. The second-order valence-electron chi connectivity index (χ2n) is 4.83. The molecule has 0 radical (unpaired) electrons. The first-order valence-corrected chi connectivity index (χ1v) is 7.97. The van der Waals surface area contributed by atoms with Gasteiger partial charge in [0.1, 0.15) is 0 Å². The fourth-order valence-corrected chi connectivity index (χ4v) is 3.32. The molecule has 0 aliphatic carbocycles. The Labute approximate surface area is 128 Å². The quantitative estimate of drug-likeness (QED) is 0.672. The number of nitrogens with zero attached hydrogens (tertiary/aromatic N) is 2. The summed E-state index contributed by atoms with van der Waals surface area (Å²) in [5.41, 5.74) is 0.908. The van der Waals surface area contributed by atoms with Gasteiger partial charge in [-0.15, -0.1) is 0 Å². The Kier molecular flexibility index (Phi) is 4.53. The number of hydrogen-bond donors (Lipinski definition) is 1. The van der Waals surface area contributed by atoms with Gasteiger partial charge >= 0.3 is 0 Å². The molecule has 0 saturated carbocycles. The smallest absolute Gasteiger partial charge is 0.264 e. The summed E-state index contributed by atoms with van der Waals surface area (Å²) < 4.78 is 27.2. The number of nitro benzene ring substituents is 1. The van der Waals surface area contributed by atoms with E-state index in [9.17, 15) is 18.5 Å². The van der Waals surface area contributed by atoms with E-state index in [2.05, 4.69) is 9.71 Å². The number of nitro groups is 1. The van der Waals surface area contributed by atoms with Gasteiger partial charge in [0.2, 0.25) is 10.0 Å². The van der Waals surface area contributed by atoms with Gasteiger partial charge in [0, 0.05) is 30.1 Å². The van der Waals surface area contributed by atoms with Crippen molar-refractivity contribution in [3.8, 4) is 0 Å². The van der Waals surface area contributed by atoms with Crippen molar-refractivity contribution in [1.29, 1.82) is 0 Å². The van der Waals surface area contributed by atoms with E-state index >= 15 is 0 Å². The van der Waals surface area contributed by atoms with Gasteiger partial charge in [0.15, 0.2) is 0 Å². The lowest BCUT2D eigenvalue weighted by molar-refractivity contribution is -0.385. The maximum absolute atomic E-state index is 12.3. The molecule has 116 valence electrons. The van der Waals surface area contributed by atoms with Crippen LogP contribution in [0.15, 0.2) is 47.6 Å². The SMILES string of the molecule is Cc1cc(S(=O)(=O)N[C@H](C)c2cccnc2)ccc1[N+](=O)[O-]. The summed E-state index contributed by atoms with van der Waals surface area (Å²) in [6.45, 7) is 3.20. The molecule has 1 atom stereocenters. The van der Waals surface area contributed by atoms with Gasteiger partial charge in [0.05, 0.1) is 9.82 Å². The van der Waals surface area contributed by atoms with Gasteiger partial charge in [-0.2, -0.15) is 0 Å². The molecule has 1 aromatic carbocycles. The fourth-order valence-electron chi connectivity index (χ4n) is 2.00. The van der Waals surface area contributed by atoms with Crippen LogP contribution in [0, 0.1) is 17.0 Å². The second-order valence-corrected chi connectivity index (χ2v) is 6.55. The Morgan fingerprint density at radius 2 is 2.05 bits per heavy atom. The summed E-state index contributed by atoms with van der Waals surface area (Å²) in [7, 11) is -3.77. The first-order valence-electron chi connectivity index (χ1n) is 6.48. The molecule has 7 nitrogen and oxygen atoms in total. The van der Waals surface area contributed by atoms with Crippen molar-refractivity contribution in [3.05, 3.63) is 64.0 Å². The van der Waals surface area contributed by atoms with Gasteiger partial charge in [-0.25, -0.2) is 13.1 Å². The molecule has 0 unspecified atom stereocenters. The van der Waals surface area contributed by atoms with Gasteiger partial charge in [-0.3, -0.25) is 15.1 Å². The van der Waals surface area contributed by atoms with Gasteiger partial charge in [-0.05, 0) is 37.6 Å². The van der Waals surface area contributed by atoms with Crippen LogP contribution >= 0.6 is 0 Å². The average Bonchev–Trinajstić information content (AvgIpc) is 2.47. The molecule has 0 spiro atoms. The molecule has 1 aromatic heterocycles. The molecule has 2 aromatic rings. The first-order chi connectivity index (χ1) is 10.3. The average molecular weight is 321 g/mol. The molecule has 0 fully saturated rings. The number of nitrogens with one attached hydrogen (secondary N) is 1. The zero-order chi connectivity index (χ0) is 16.3. The highest BCUT2D eigenvalue weighted by Gasteiger charge is 2.21. The van der Waals surface area contributed by atoms with E-state index < -0.39 is 21.0 Å². The molecule has 1 N–H and O–H groups in total. The molecule has 22 heavy (non-hydrogen) atoms. The number of rotatable bonds is 5. The summed E-state index contributed by atoms with van der Waals surface area (Å²) in [5.74, 6) is 0. The van der Waals surface area contributed by atoms with Crippen LogP contribution in [0.4, 0.5) is 5.69 Å². The molecule has 1 heterocycles. The minimum absolute atomic E-state index is 0.00802.